The number of carbonyl (C=O) groups excluding carboxylic acids is 1. The van der Waals surface area contributed by atoms with Gasteiger partial charge in [0.1, 0.15) is 6.10 Å². The molecule has 0 bridgehead atoms. The minimum Gasteiger partial charge on any atom is -0.365 e. The molecule has 23 heavy (non-hydrogen) atoms. The van der Waals surface area contributed by atoms with Crippen molar-refractivity contribution >= 4 is 5.78 Å². The fourth-order valence-corrected chi connectivity index (χ4v) is 2.61. The van der Waals surface area contributed by atoms with E-state index in [9.17, 15) is 4.79 Å². The Labute approximate surface area is 139 Å². The van der Waals surface area contributed by atoms with Crippen LogP contribution in [0.25, 0.3) is 0 Å². The second-order valence-corrected chi connectivity index (χ2v) is 6.62. The van der Waals surface area contributed by atoms with E-state index < -0.39 is 6.10 Å². The van der Waals surface area contributed by atoms with Crippen molar-refractivity contribution in [1.82, 2.24) is 0 Å². The molecule has 0 heterocycles. The maximum Gasteiger partial charge on any atom is 0.196 e. The molecule has 2 aromatic rings. The van der Waals surface area contributed by atoms with Gasteiger partial charge in [0.05, 0.1) is 6.61 Å². The number of benzene rings is 2. The van der Waals surface area contributed by atoms with Crippen LogP contribution in [0.2, 0.25) is 0 Å². The monoisotopic (exact) mass is 310 g/mol. The van der Waals surface area contributed by atoms with Crippen molar-refractivity contribution in [3.63, 3.8) is 0 Å². The average Bonchev–Trinajstić information content (AvgIpc) is 2.55. The van der Waals surface area contributed by atoms with Gasteiger partial charge >= 0.3 is 0 Å². The first-order chi connectivity index (χ1) is 11.0. The zero-order valence-electron chi connectivity index (χ0n) is 14.5. The van der Waals surface area contributed by atoms with Gasteiger partial charge in [-0.2, -0.15) is 0 Å². The lowest BCUT2D eigenvalue weighted by atomic mass is 9.91. The molecule has 0 fully saturated rings. The van der Waals surface area contributed by atoms with Gasteiger partial charge < -0.3 is 4.74 Å². The Kier molecular flexibility index (Phi) is 6.12. The number of rotatable bonds is 7. The highest BCUT2D eigenvalue weighted by atomic mass is 16.5. The van der Waals surface area contributed by atoms with E-state index in [1.807, 2.05) is 54.6 Å². The van der Waals surface area contributed by atoms with Gasteiger partial charge in [0.2, 0.25) is 0 Å². The molecule has 0 saturated carbocycles. The van der Waals surface area contributed by atoms with E-state index in [2.05, 4.69) is 27.7 Å². The van der Waals surface area contributed by atoms with E-state index in [0.29, 0.717) is 18.4 Å². The molecule has 122 valence electrons. The molecule has 0 aromatic heterocycles. The lowest BCUT2D eigenvalue weighted by Crippen LogP contribution is -2.20. The molecular formula is C21H26O2. The Balaban J connectivity index is 2.37. The summed E-state index contributed by atoms with van der Waals surface area (Å²) in [6.07, 6.45) is -0.543. The summed E-state index contributed by atoms with van der Waals surface area (Å²) < 4.78 is 5.99. The van der Waals surface area contributed by atoms with Crippen LogP contribution in [0.15, 0.2) is 54.6 Å². The number of ketones is 1. The van der Waals surface area contributed by atoms with Crippen molar-refractivity contribution in [1.29, 1.82) is 0 Å². The molecule has 1 atom stereocenters. The van der Waals surface area contributed by atoms with Crippen molar-refractivity contribution in [2.24, 2.45) is 5.92 Å². The Morgan fingerprint density at radius 3 is 2.13 bits per heavy atom. The van der Waals surface area contributed by atoms with E-state index in [1.165, 1.54) is 0 Å². The lowest BCUT2D eigenvalue weighted by Gasteiger charge is -2.21. The summed E-state index contributed by atoms with van der Waals surface area (Å²) in [5, 5.41) is 0. The molecular weight excluding hydrogens is 284 g/mol. The highest BCUT2D eigenvalue weighted by molar-refractivity contribution is 6.01. The first-order valence-electron chi connectivity index (χ1n) is 8.30. The first kappa shape index (κ1) is 17.4. The van der Waals surface area contributed by atoms with Crippen molar-refractivity contribution in [2.45, 2.75) is 39.7 Å². The minimum absolute atomic E-state index is 0.0427. The van der Waals surface area contributed by atoms with Crippen LogP contribution in [0.5, 0.6) is 0 Å². The maximum atomic E-state index is 13.2. The molecule has 2 heteroatoms. The SMILES string of the molecule is CC(C)COC(C(=O)c1ccccc1C(C)C)c1ccccc1. The summed E-state index contributed by atoms with van der Waals surface area (Å²) in [6.45, 7) is 8.97. The summed E-state index contributed by atoms with van der Waals surface area (Å²) in [5.41, 5.74) is 2.75. The van der Waals surface area contributed by atoms with Crippen LogP contribution in [-0.2, 0) is 4.74 Å². The van der Waals surface area contributed by atoms with E-state index in [-0.39, 0.29) is 5.78 Å². The topological polar surface area (TPSA) is 26.3 Å². The van der Waals surface area contributed by atoms with Crippen molar-refractivity contribution in [3.8, 4) is 0 Å². The molecule has 0 amide bonds. The van der Waals surface area contributed by atoms with Crippen molar-refractivity contribution in [2.75, 3.05) is 6.61 Å². The second-order valence-electron chi connectivity index (χ2n) is 6.62. The Hall–Kier alpha value is -1.93. The molecule has 0 N–H and O–H groups in total. The van der Waals surface area contributed by atoms with Crippen LogP contribution < -0.4 is 0 Å². The average molecular weight is 310 g/mol. The zero-order chi connectivity index (χ0) is 16.8. The number of Topliss-reactive ketones (excluding diaryl/α,β-unsaturated/α-hetero) is 1. The Bertz CT molecular complexity index is 629. The molecule has 0 spiro atoms. The standard InChI is InChI=1S/C21H26O2/c1-15(2)14-23-21(17-10-6-5-7-11-17)20(22)19-13-9-8-12-18(19)16(3)4/h5-13,15-16,21H,14H2,1-4H3. The van der Waals surface area contributed by atoms with Gasteiger partial charge in [0, 0.05) is 5.56 Å². The van der Waals surface area contributed by atoms with Crippen LogP contribution in [0.1, 0.15) is 61.2 Å². The van der Waals surface area contributed by atoms with Gasteiger partial charge in [-0.15, -0.1) is 0 Å². The summed E-state index contributed by atoms with van der Waals surface area (Å²) in [7, 11) is 0. The fraction of sp³-hybridized carbons (Fsp3) is 0.381. The molecule has 1 unspecified atom stereocenters. The molecule has 0 aliphatic carbocycles. The molecule has 2 nitrogen and oxygen atoms in total. The maximum absolute atomic E-state index is 13.2. The molecule has 0 aliphatic rings. The lowest BCUT2D eigenvalue weighted by molar-refractivity contribution is 0.0307. The van der Waals surface area contributed by atoms with E-state index >= 15 is 0 Å². The van der Waals surface area contributed by atoms with Gasteiger partial charge in [0.15, 0.2) is 5.78 Å². The third-order valence-corrected chi connectivity index (χ3v) is 3.78. The van der Waals surface area contributed by atoms with E-state index in [4.69, 9.17) is 4.74 Å². The Morgan fingerprint density at radius 1 is 0.913 bits per heavy atom. The third-order valence-electron chi connectivity index (χ3n) is 3.78. The molecule has 0 aliphatic heterocycles. The van der Waals surface area contributed by atoms with Gasteiger partial charge in [-0.25, -0.2) is 0 Å². The van der Waals surface area contributed by atoms with Crippen LogP contribution in [0, 0.1) is 5.92 Å². The molecule has 0 radical (unpaired) electrons. The van der Waals surface area contributed by atoms with Crippen LogP contribution in [0.3, 0.4) is 0 Å². The zero-order valence-corrected chi connectivity index (χ0v) is 14.5. The summed E-state index contributed by atoms with van der Waals surface area (Å²) in [6, 6.07) is 17.6. The van der Waals surface area contributed by atoms with Gasteiger partial charge in [-0.1, -0.05) is 82.3 Å². The van der Waals surface area contributed by atoms with Gasteiger partial charge in [-0.3, -0.25) is 4.79 Å². The van der Waals surface area contributed by atoms with Crippen molar-refractivity contribution in [3.05, 3.63) is 71.3 Å². The summed E-state index contributed by atoms with van der Waals surface area (Å²) >= 11 is 0. The first-order valence-corrected chi connectivity index (χ1v) is 8.30. The Morgan fingerprint density at radius 2 is 1.52 bits per heavy atom. The number of carbonyl (C=O) groups is 1. The predicted octanol–water partition coefficient (Wildman–Crippen LogP) is 5.41. The van der Waals surface area contributed by atoms with Crippen molar-refractivity contribution < 1.29 is 9.53 Å². The normalized spacial score (nSPS) is 12.6. The fourth-order valence-electron chi connectivity index (χ4n) is 2.61. The van der Waals surface area contributed by atoms with Gasteiger partial charge in [-0.05, 0) is 23.0 Å². The third kappa shape index (κ3) is 4.52. The minimum atomic E-state index is -0.543. The highest BCUT2D eigenvalue weighted by Crippen LogP contribution is 2.27. The van der Waals surface area contributed by atoms with Crippen LogP contribution >= 0.6 is 0 Å². The van der Waals surface area contributed by atoms with Crippen LogP contribution in [-0.4, -0.2) is 12.4 Å². The largest absolute Gasteiger partial charge is 0.365 e. The molecule has 0 saturated heterocycles. The summed E-state index contributed by atoms with van der Waals surface area (Å²) in [5.74, 6) is 0.729. The number of hydrogen-bond donors (Lipinski definition) is 0. The second kappa shape index (κ2) is 8.07. The van der Waals surface area contributed by atoms with Gasteiger partial charge in [0.25, 0.3) is 0 Å². The number of ether oxygens (including phenoxy) is 1. The van der Waals surface area contributed by atoms with Crippen LogP contribution in [0.4, 0.5) is 0 Å². The van der Waals surface area contributed by atoms with E-state index in [1.54, 1.807) is 0 Å². The molecule has 2 aromatic carbocycles. The summed E-state index contributed by atoms with van der Waals surface area (Å²) in [4.78, 5) is 13.2. The molecule has 2 rings (SSSR count). The predicted molar refractivity (Wildman–Crippen MR) is 94.8 cm³/mol. The smallest absolute Gasteiger partial charge is 0.196 e. The van der Waals surface area contributed by atoms with E-state index in [0.717, 1.165) is 16.7 Å². The quantitative estimate of drug-likeness (QED) is 0.639. The highest BCUT2D eigenvalue weighted by Gasteiger charge is 2.25. The number of hydrogen-bond acceptors (Lipinski definition) is 2.